The van der Waals surface area contributed by atoms with E-state index in [0.29, 0.717) is 19.5 Å². The largest absolute Gasteiger partial charge is 0.494 e. The van der Waals surface area contributed by atoms with Crippen molar-refractivity contribution < 1.29 is 13.9 Å². The smallest absolute Gasteiger partial charge is 0.222 e. The number of ether oxygens (including phenoxy) is 1. The number of carbonyl (C=O) groups excluding carboxylic acids is 1. The number of hydrogen-bond acceptors (Lipinski definition) is 4. The van der Waals surface area contributed by atoms with Crippen molar-refractivity contribution in [3.63, 3.8) is 0 Å². The van der Waals surface area contributed by atoms with Gasteiger partial charge in [0.05, 0.1) is 7.11 Å². The standard InChI is InChI=1S/C16H24FN3O2.2ClH/c1-22-15-5-4-13(11-14(15)17)12-19-7-9-20(10-8-19)16(21)3-2-6-18;;/h4-5,11H,2-3,6-10,12,18H2,1H3;2*1H. The molecule has 0 radical (unpaired) electrons. The van der Waals surface area contributed by atoms with Crippen LogP contribution >= 0.6 is 24.8 Å². The van der Waals surface area contributed by atoms with Gasteiger partial charge in [-0.15, -0.1) is 24.8 Å². The molecule has 1 saturated heterocycles. The van der Waals surface area contributed by atoms with Crippen LogP contribution in [0, 0.1) is 5.82 Å². The molecule has 0 aromatic heterocycles. The third-order valence-electron chi connectivity index (χ3n) is 3.94. The van der Waals surface area contributed by atoms with Gasteiger partial charge < -0.3 is 15.4 Å². The van der Waals surface area contributed by atoms with E-state index in [2.05, 4.69) is 4.90 Å². The minimum atomic E-state index is -0.337. The number of carbonyl (C=O) groups is 1. The van der Waals surface area contributed by atoms with Gasteiger partial charge in [0.15, 0.2) is 11.6 Å². The summed E-state index contributed by atoms with van der Waals surface area (Å²) in [6, 6.07) is 5.04. The van der Waals surface area contributed by atoms with Gasteiger partial charge in [-0.25, -0.2) is 4.39 Å². The summed E-state index contributed by atoms with van der Waals surface area (Å²) in [5.41, 5.74) is 6.35. The van der Waals surface area contributed by atoms with E-state index in [9.17, 15) is 9.18 Å². The summed E-state index contributed by atoms with van der Waals surface area (Å²) in [5.74, 6) is 0.107. The summed E-state index contributed by atoms with van der Waals surface area (Å²) in [7, 11) is 1.46. The number of amides is 1. The first kappa shape index (κ1) is 22.9. The summed E-state index contributed by atoms with van der Waals surface area (Å²) >= 11 is 0. The van der Waals surface area contributed by atoms with Gasteiger partial charge in [-0.1, -0.05) is 6.07 Å². The Morgan fingerprint density at radius 2 is 1.92 bits per heavy atom. The van der Waals surface area contributed by atoms with Crippen LogP contribution in [0.4, 0.5) is 4.39 Å². The summed E-state index contributed by atoms with van der Waals surface area (Å²) in [6.07, 6.45) is 1.27. The summed E-state index contributed by atoms with van der Waals surface area (Å²) in [6.45, 7) is 4.30. The molecule has 0 bridgehead atoms. The second kappa shape index (κ2) is 11.5. The Balaban J connectivity index is 0.00000264. The van der Waals surface area contributed by atoms with Crippen LogP contribution in [0.5, 0.6) is 5.75 Å². The van der Waals surface area contributed by atoms with Crippen molar-refractivity contribution in [2.45, 2.75) is 19.4 Å². The first-order valence-corrected chi connectivity index (χ1v) is 7.66. The Hall–Kier alpha value is -1.08. The summed E-state index contributed by atoms with van der Waals surface area (Å²) < 4.78 is 18.6. The Kier molecular flexibility index (Phi) is 11.0. The first-order chi connectivity index (χ1) is 10.6. The van der Waals surface area contributed by atoms with Crippen LogP contribution in [0.15, 0.2) is 18.2 Å². The Morgan fingerprint density at radius 3 is 2.46 bits per heavy atom. The average molecular weight is 382 g/mol. The molecule has 8 heteroatoms. The average Bonchev–Trinajstić information content (AvgIpc) is 2.53. The van der Waals surface area contributed by atoms with Gasteiger partial charge in [0.1, 0.15) is 0 Å². The van der Waals surface area contributed by atoms with Gasteiger partial charge >= 0.3 is 0 Å². The Morgan fingerprint density at radius 1 is 1.25 bits per heavy atom. The Bertz CT molecular complexity index is 512. The molecule has 0 atom stereocenters. The number of benzene rings is 1. The molecule has 2 N–H and O–H groups in total. The second-order valence-corrected chi connectivity index (χ2v) is 5.52. The zero-order valence-corrected chi connectivity index (χ0v) is 15.5. The van der Waals surface area contributed by atoms with E-state index in [1.54, 1.807) is 6.07 Å². The molecule has 1 aromatic carbocycles. The van der Waals surface area contributed by atoms with Crippen LogP contribution in [0.3, 0.4) is 0 Å². The van der Waals surface area contributed by atoms with Crippen molar-refractivity contribution in [3.05, 3.63) is 29.6 Å². The minimum Gasteiger partial charge on any atom is -0.494 e. The van der Waals surface area contributed by atoms with Crippen LogP contribution in [0.25, 0.3) is 0 Å². The van der Waals surface area contributed by atoms with Gasteiger partial charge in [-0.05, 0) is 30.7 Å². The highest BCUT2D eigenvalue weighted by Crippen LogP contribution is 2.19. The predicted octanol–water partition coefficient (Wildman–Crippen LogP) is 2.06. The highest BCUT2D eigenvalue weighted by molar-refractivity contribution is 5.85. The zero-order chi connectivity index (χ0) is 15.9. The molecule has 0 unspecified atom stereocenters. The third-order valence-corrected chi connectivity index (χ3v) is 3.94. The van der Waals surface area contributed by atoms with Gasteiger partial charge in [-0.2, -0.15) is 0 Å². The number of nitrogens with zero attached hydrogens (tertiary/aromatic N) is 2. The highest BCUT2D eigenvalue weighted by Gasteiger charge is 2.20. The van der Waals surface area contributed by atoms with E-state index in [-0.39, 0.29) is 42.3 Å². The predicted molar refractivity (Wildman–Crippen MR) is 97.6 cm³/mol. The lowest BCUT2D eigenvalue weighted by atomic mass is 10.1. The van der Waals surface area contributed by atoms with Gasteiger partial charge in [-0.3, -0.25) is 9.69 Å². The molecule has 1 fully saturated rings. The molecular formula is C16H26Cl2FN3O2. The maximum atomic E-state index is 13.7. The van der Waals surface area contributed by atoms with Crippen LogP contribution < -0.4 is 10.5 Å². The minimum absolute atomic E-state index is 0. The fraction of sp³-hybridized carbons (Fsp3) is 0.562. The maximum absolute atomic E-state index is 13.7. The maximum Gasteiger partial charge on any atom is 0.222 e. The normalized spacial score (nSPS) is 14.5. The molecule has 2 rings (SSSR count). The number of nitrogens with two attached hydrogens (primary N) is 1. The lowest BCUT2D eigenvalue weighted by Gasteiger charge is -2.34. The van der Waals surface area contributed by atoms with E-state index < -0.39 is 0 Å². The molecule has 138 valence electrons. The fourth-order valence-electron chi connectivity index (χ4n) is 2.63. The van der Waals surface area contributed by atoms with Crippen LogP contribution in [-0.4, -0.2) is 55.5 Å². The van der Waals surface area contributed by atoms with E-state index in [4.69, 9.17) is 10.5 Å². The van der Waals surface area contributed by atoms with Crippen LogP contribution in [0.1, 0.15) is 18.4 Å². The molecule has 24 heavy (non-hydrogen) atoms. The molecule has 0 saturated carbocycles. The van der Waals surface area contributed by atoms with Gasteiger partial charge in [0.25, 0.3) is 0 Å². The van der Waals surface area contributed by atoms with E-state index in [1.165, 1.54) is 13.2 Å². The number of rotatable bonds is 6. The lowest BCUT2D eigenvalue weighted by molar-refractivity contribution is -0.133. The molecule has 1 aliphatic heterocycles. The molecule has 1 heterocycles. The van der Waals surface area contributed by atoms with Crippen molar-refractivity contribution >= 4 is 30.7 Å². The quantitative estimate of drug-likeness (QED) is 0.819. The second-order valence-electron chi connectivity index (χ2n) is 5.52. The third kappa shape index (κ3) is 6.43. The first-order valence-electron chi connectivity index (χ1n) is 7.66. The molecule has 1 aromatic rings. The number of halogens is 3. The number of hydrogen-bond donors (Lipinski definition) is 1. The van der Waals surface area contributed by atoms with E-state index in [0.717, 1.165) is 38.2 Å². The summed E-state index contributed by atoms with van der Waals surface area (Å²) in [5, 5.41) is 0. The fourth-order valence-corrected chi connectivity index (χ4v) is 2.63. The topological polar surface area (TPSA) is 58.8 Å². The molecule has 1 amide bonds. The van der Waals surface area contributed by atoms with E-state index >= 15 is 0 Å². The monoisotopic (exact) mass is 381 g/mol. The SMILES string of the molecule is COc1ccc(CN2CCN(C(=O)CCCN)CC2)cc1F.Cl.Cl. The zero-order valence-electron chi connectivity index (χ0n) is 13.9. The number of piperazine rings is 1. The molecule has 0 spiro atoms. The van der Waals surface area contributed by atoms with Crippen LogP contribution in [-0.2, 0) is 11.3 Å². The van der Waals surface area contributed by atoms with E-state index in [1.807, 2.05) is 11.0 Å². The summed E-state index contributed by atoms with van der Waals surface area (Å²) in [4.78, 5) is 16.0. The molecular weight excluding hydrogens is 356 g/mol. The van der Waals surface area contributed by atoms with Crippen molar-refractivity contribution in [2.75, 3.05) is 39.8 Å². The van der Waals surface area contributed by atoms with Crippen molar-refractivity contribution in [2.24, 2.45) is 5.73 Å². The molecule has 5 nitrogen and oxygen atoms in total. The van der Waals surface area contributed by atoms with Crippen LogP contribution in [0.2, 0.25) is 0 Å². The van der Waals surface area contributed by atoms with Gasteiger partial charge in [0.2, 0.25) is 5.91 Å². The molecule has 1 aliphatic rings. The van der Waals surface area contributed by atoms with Crippen molar-refractivity contribution in [1.29, 1.82) is 0 Å². The number of methoxy groups -OCH3 is 1. The van der Waals surface area contributed by atoms with Gasteiger partial charge in [0, 0.05) is 39.1 Å². The Labute approximate surface area is 155 Å². The van der Waals surface area contributed by atoms with Crippen molar-refractivity contribution in [3.8, 4) is 5.75 Å². The highest BCUT2D eigenvalue weighted by atomic mass is 35.5. The van der Waals surface area contributed by atoms with Crippen molar-refractivity contribution in [1.82, 2.24) is 9.80 Å². The lowest BCUT2D eigenvalue weighted by Crippen LogP contribution is -2.48. The molecule has 0 aliphatic carbocycles.